The van der Waals surface area contributed by atoms with Crippen LogP contribution >= 0.6 is 0 Å². The first-order valence-electron chi connectivity index (χ1n) is 3.27. The Kier molecular flexibility index (Phi) is 2.20. The number of rotatable bonds is 2. The van der Waals surface area contributed by atoms with Crippen molar-refractivity contribution in [3.8, 4) is 0 Å². The van der Waals surface area contributed by atoms with E-state index in [1.54, 1.807) is 0 Å². The second-order valence-electron chi connectivity index (χ2n) is 2.08. The van der Waals surface area contributed by atoms with Crippen LogP contribution in [0.1, 0.15) is 13.3 Å². The number of amidine groups is 1. The Balaban J connectivity index is 2.37. The molecule has 1 rings (SSSR count). The third-order valence-electron chi connectivity index (χ3n) is 1.24. The lowest BCUT2D eigenvalue weighted by Crippen LogP contribution is -2.23. The number of carbonyl (C=O) groups is 1. The van der Waals surface area contributed by atoms with Crippen LogP contribution in [0.25, 0.3) is 0 Å². The lowest BCUT2D eigenvalue weighted by molar-refractivity contribution is -0.117. The fourth-order valence-corrected chi connectivity index (χ4v) is 0.752. The highest BCUT2D eigenvalue weighted by Crippen LogP contribution is 1.92. The maximum atomic E-state index is 10.6. The lowest BCUT2D eigenvalue weighted by atomic mass is 10.3. The van der Waals surface area contributed by atoms with E-state index in [9.17, 15) is 4.79 Å². The molecule has 10 heavy (non-hydrogen) atoms. The Bertz CT molecular complexity index is 194. The predicted octanol–water partition coefficient (Wildman–Crippen LogP) is 0.481. The highest BCUT2D eigenvalue weighted by Gasteiger charge is 2.10. The maximum Gasteiger partial charge on any atom is 0.247 e. The third-order valence-corrected chi connectivity index (χ3v) is 1.24. The summed E-state index contributed by atoms with van der Waals surface area (Å²) in [5, 5.41) is 2.65. The molecule has 3 heteroatoms. The molecule has 0 aromatic heterocycles. The van der Waals surface area contributed by atoms with E-state index in [-0.39, 0.29) is 5.91 Å². The summed E-state index contributed by atoms with van der Waals surface area (Å²) < 4.78 is 0. The molecule has 0 aromatic rings. The molecule has 1 aliphatic heterocycles. The molecule has 1 N–H and O–H groups in total. The van der Waals surface area contributed by atoms with Gasteiger partial charge in [0.1, 0.15) is 12.4 Å². The number of carbonyl (C=O) groups excluding carboxylic acids is 1. The molecule has 0 spiro atoms. The molecule has 54 valence electrons. The number of hydrogen-bond acceptors (Lipinski definition) is 2. The van der Waals surface area contributed by atoms with Gasteiger partial charge in [-0.2, -0.15) is 0 Å². The predicted molar refractivity (Wildman–Crippen MR) is 39.9 cm³/mol. The Morgan fingerprint density at radius 3 is 3.10 bits per heavy atom. The number of nitrogens with zero attached hydrogens (tertiary/aromatic N) is 1. The van der Waals surface area contributed by atoms with Crippen molar-refractivity contribution >= 4 is 11.7 Å². The van der Waals surface area contributed by atoms with Gasteiger partial charge < -0.3 is 5.32 Å². The standard InChI is InChI=1S/C7H10N2O/c1-2-3-4-6-8-5-7(10)9-6/h2-3H,4-5H2,1H3,(H,8,9,10). The Labute approximate surface area is 59.8 Å². The lowest BCUT2D eigenvalue weighted by Gasteiger charge is -1.92. The minimum atomic E-state index is -0.000460. The molecule has 0 bridgehead atoms. The van der Waals surface area contributed by atoms with E-state index in [0.717, 1.165) is 12.3 Å². The van der Waals surface area contributed by atoms with Crippen LogP contribution in [0.2, 0.25) is 0 Å². The molecule has 1 heterocycles. The molecule has 0 saturated carbocycles. The SMILES string of the molecule is CC=CCC1=NCC(=O)N1. The molecule has 0 aliphatic carbocycles. The van der Waals surface area contributed by atoms with Gasteiger partial charge in [0.2, 0.25) is 5.91 Å². The molecule has 1 amide bonds. The van der Waals surface area contributed by atoms with E-state index >= 15 is 0 Å². The highest BCUT2D eigenvalue weighted by molar-refractivity contribution is 6.04. The number of hydrogen-bond donors (Lipinski definition) is 1. The molecular weight excluding hydrogens is 128 g/mol. The van der Waals surface area contributed by atoms with Crippen molar-refractivity contribution in [2.24, 2.45) is 4.99 Å². The van der Waals surface area contributed by atoms with Gasteiger partial charge in [0.25, 0.3) is 0 Å². The molecule has 0 radical (unpaired) electrons. The monoisotopic (exact) mass is 138 g/mol. The van der Waals surface area contributed by atoms with Gasteiger partial charge in [-0.3, -0.25) is 9.79 Å². The smallest absolute Gasteiger partial charge is 0.247 e. The van der Waals surface area contributed by atoms with Gasteiger partial charge in [0.15, 0.2) is 0 Å². The van der Waals surface area contributed by atoms with Crippen molar-refractivity contribution in [1.29, 1.82) is 0 Å². The third kappa shape index (κ3) is 1.69. The first-order valence-corrected chi connectivity index (χ1v) is 3.27. The van der Waals surface area contributed by atoms with E-state index in [1.165, 1.54) is 0 Å². The summed E-state index contributed by atoms with van der Waals surface area (Å²) in [4.78, 5) is 14.5. The van der Waals surface area contributed by atoms with Crippen molar-refractivity contribution in [2.75, 3.05) is 6.54 Å². The van der Waals surface area contributed by atoms with Crippen molar-refractivity contribution in [1.82, 2.24) is 5.32 Å². The van der Waals surface area contributed by atoms with E-state index < -0.39 is 0 Å². The van der Waals surface area contributed by atoms with Crippen LogP contribution in [-0.4, -0.2) is 18.3 Å². The highest BCUT2D eigenvalue weighted by atomic mass is 16.2. The summed E-state index contributed by atoms with van der Waals surface area (Å²) in [6.07, 6.45) is 4.64. The van der Waals surface area contributed by atoms with Crippen LogP contribution in [0.3, 0.4) is 0 Å². The summed E-state index contributed by atoms with van der Waals surface area (Å²) in [5.41, 5.74) is 0. The van der Waals surface area contributed by atoms with Crippen LogP contribution in [0, 0.1) is 0 Å². The van der Waals surface area contributed by atoms with E-state index in [0.29, 0.717) is 6.54 Å². The van der Waals surface area contributed by atoms with Gasteiger partial charge in [-0.05, 0) is 6.92 Å². The van der Waals surface area contributed by atoms with Crippen molar-refractivity contribution in [3.63, 3.8) is 0 Å². The topological polar surface area (TPSA) is 41.5 Å². The molecule has 0 saturated heterocycles. The first-order chi connectivity index (χ1) is 4.83. The fraction of sp³-hybridized carbons (Fsp3) is 0.429. The van der Waals surface area contributed by atoms with E-state index in [1.807, 2.05) is 19.1 Å². The van der Waals surface area contributed by atoms with Crippen LogP contribution in [0.5, 0.6) is 0 Å². The largest absolute Gasteiger partial charge is 0.313 e. The fourth-order valence-electron chi connectivity index (χ4n) is 0.752. The van der Waals surface area contributed by atoms with Crippen molar-refractivity contribution < 1.29 is 4.79 Å². The molecule has 0 aromatic carbocycles. The zero-order valence-corrected chi connectivity index (χ0v) is 5.92. The van der Waals surface area contributed by atoms with E-state index in [2.05, 4.69) is 10.3 Å². The quantitative estimate of drug-likeness (QED) is 0.554. The number of allylic oxidation sites excluding steroid dienone is 1. The van der Waals surface area contributed by atoms with Gasteiger partial charge in [0.05, 0.1) is 0 Å². The normalized spacial score (nSPS) is 17.7. The molecule has 1 aliphatic rings. The summed E-state index contributed by atoms with van der Waals surface area (Å²) in [6.45, 7) is 2.24. The van der Waals surface area contributed by atoms with Crippen LogP contribution in [0.15, 0.2) is 17.1 Å². The summed E-state index contributed by atoms with van der Waals surface area (Å²) in [7, 11) is 0. The zero-order valence-electron chi connectivity index (χ0n) is 5.92. The van der Waals surface area contributed by atoms with Crippen LogP contribution < -0.4 is 5.32 Å². The number of nitrogens with one attached hydrogen (secondary N) is 1. The molecular formula is C7H10N2O. The van der Waals surface area contributed by atoms with Gasteiger partial charge in [-0.1, -0.05) is 12.2 Å². The van der Waals surface area contributed by atoms with Crippen molar-refractivity contribution in [3.05, 3.63) is 12.2 Å². The molecule has 0 fully saturated rings. The summed E-state index contributed by atoms with van der Waals surface area (Å²) >= 11 is 0. The second-order valence-corrected chi connectivity index (χ2v) is 2.08. The van der Waals surface area contributed by atoms with Crippen LogP contribution in [0.4, 0.5) is 0 Å². The van der Waals surface area contributed by atoms with Gasteiger partial charge in [0, 0.05) is 6.42 Å². The average Bonchev–Trinajstić information content (AvgIpc) is 2.31. The molecule has 3 nitrogen and oxygen atoms in total. The Morgan fingerprint density at radius 2 is 2.60 bits per heavy atom. The Hall–Kier alpha value is -1.12. The first kappa shape index (κ1) is 6.99. The summed E-state index contributed by atoms with van der Waals surface area (Å²) in [6, 6.07) is 0. The second kappa shape index (κ2) is 3.15. The molecule has 0 atom stereocenters. The number of amides is 1. The Morgan fingerprint density at radius 1 is 1.80 bits per heavy atom. The minimum Gasteiger partial charge on any atom is -0.313 e. The van der Waals surface area contributed by atoms with Gasteiger partial charge in [-0.25, -0.2) is 0 Å². The van der Waals surface area contributed by atoms with Crippen molar-refractivity contribution in [2.45, 2.75) is 13.3 Å². The zero-order chi connectivity index (χ0) is 7.40. The van der Waals surface area contributed by atoms with Gasteiger partial charge >= 0.3 is 0 Å². The molecule has 0 unspecified atom stereocenters. The van der Waals surface area contributed by atoms with Gasteiger partial charge in [-0.15, -0.1) is 0 Å². The van der Waals surface area contributed by atoms with E-state index in [4.69, 9.17) is 0 Å². The maximum absolute atomic E-state index is 10.6. The van der Waals surface area contributed by atoms with Crippen LogP contribution in [-0.2, 0) is 4.79 Å². The summed E-state index contributed by atoms with van der Waals surface area (Å²) in [5.74, 6) is 0.780. The average molecular weight is 138 g/mol. The minimum absolute atomic E-state index is 0.000460. The number of aliphatic imine (C=N–C) groups is 1.